The third-order valence-corrected chi connectivity index (χ3v) is 8.68. The molecule has 1 aromatic carbocycles. The molecule has 2 aromatic rings. The number of halogens is 2. The largest absolute Gasteiger partial charge is 0.507 e. The molecule has 1 N–H and O–H groups in total. The van der Waals surface area contributed by atoms with Gasteiger partial charge in [0, 0.05) is 51.4 Å². The SMILES string of the molecule is C[C@H]1CN(C2CC2)CCN1c1nc(-c2c(O)cccc2F)c(Cl)c2c1C(=O)N1CCN(C(=O)OC(C)(C)C)C[C@@H]1CO2. The number of benzene rings is 1. The highest BCUT2D eigenvalue weighted by molar-refractivity contribution is 6.35. The monoisotopic (exact) mass is 601 g/mol. The van der Waals surface area contributed by atoms with E-state index in [-0.39, 0.29) is 65.0 Å². The topological polar surface area (TPSA) is 98.7 Å². The van der Waals surface area contributed by atoms with Gasteiger partial charge in [-0.2, -0.15) is 0 Å². The predicted molar refractivity (Wildman–Crippen MR) is 156 cm³/mol. The Hall–Kier alpha value is -3.31. The molecule has 0 spiro atoms. The average Bonchev–Trinajstić information content (AvgIpc) is 3.78. The van der Waals surface area contributed by atoms with E-state index in [1.807, 2.05) is 20.8 Å². The second kappa shape index (κ2) is 10.8. The molecule has 1 saturated carbocycles. The van der Waals surface area contributed by atoms with Crippen LogP contribution in [0.15, 0.2) is 18.2 Å². The van der Waals surface area contributed by atoms with Gasteiger partial charge in [-0.3, -0.25) is 9.69 Å². The second-order valence-electron chi connectivity index (χ2n) is 12.6. The molecular weight excluding hydrogens is 565 g/mol. The molecule has 1 aromatic heterocycles. The number of rotatable bonds is 3. The normalized spacial score (nSPS) is 23.2. The highest BCUT2D eigenvalue weighted by Crippen LogP contribution is 2.46. The zero-order chi connectivity index (χ0) is 29.9. The van der Waals surface area contributed by atoms with Gasteiger partial charge in [0.2, 0.25) is 0 Å². The van der Waals surface area contributed by atoms with Crippen molar-refractivity contribution in [1.82, 2.24) is 19.7 Å². The standard InChI is InChI=1S/C30H37ClFN5O5/c1-17-14-34(18-8-9-18)10-12-36(17)27-23-26(24(31)25(33-27)22-20(32)6-5-7-21(22)38)41-16-19-15-35(11-13-37(19)28(23)39)29(40)42-30(2,3)4/h5-7,17-19,38H,8-16H2,1-4H3/t17-,19+/m0/s1. The minimum Gasteiger partial charge on any atom is -0.507 e. The Labute approximate surface area is 249 Å². The van der Waals surface area contributed by atoms with Gasteiger partial charge in [0.1, 0.15) is 45.9 Å². The maximum absolute atomic E-state index is 15.1. The number of aromatic hydroxyl groups is 1. The smallest absolute Gasteiger partial charge is 0.410 e. The Kier molecular flexibility index (Phi) is 7.37. The van der Waals surface area contributed by atoms with Gasteiger partial charge in [-0.05, 0) is 52.7 Å². The van der Waals surface area contributed by atoms with E-state index in [0.717, 1.165) is 13.1 Å². The Morgan fingerprint density at radius 1 is 1.10 bits per heavy atom. The molecule has 226 valence electrons. The first kappa shape index (κ1) is 28.8. The van der Waals surface area contributed by atoms with Crippen LogP contribution in [0.25, 0.3) is 11.3 Å². The lowest BCUT2D eigenvalue weighted by atomic mass is 10.0. The number of hydrogen-bond acceptors (Lipinski definition) is 8. The van der Waals surface area contributed by atoms with E-state index < -0.39 is 23.6 Å². The molecule has 2 atom stereocenters. The van der Waals surface area contributed by atoms with E-state index in [1.165, 1.54) is 31.0 Å². The molecule has 0 radical (unpaired) electrons. The van der Waals surface area contributed by atoms with Crippen LogP contribution < -0.4 is 9.64 Å². The number of nitrogens with zero attached hydrogens (tertiary/aromatic N) is 5. The maximum atomic E-state index is 15.1. The number of phenolic OH excluding ortho intramolecular Hbond substituents is 1. The summed E-state index contributed by atoms with van der Waals surface area (Å²) in [6.07, 6.45) is 1.94. The Morgan fingerprint density at radius 3 is 2.50 bits per heavy atom. The zero-order valence-electron chi connectivity index (χ0n) is 24.4. The number of carbonyl (C=O) groups excluding carboxylic acids is 2. The maximum Gasteiger partial charge on any atom is 0.410 e. The first-order valence-electron chi connectivity index (χ1n) is 14.6. The van der Waals surface area contributed by atoms with Crippen molar-refractivity contribution in [3.63, 3.8) is 0 Å². The summed E-state index contributed by atoms with van der Waals surface area (Å²) in [4.78, 5) is 39.8. The first-order valence-corrected chi connectivity index (χ1v) is 14.9. The molecule has 2 saturated heterocycles. The lowest BCUT2D eigenvalue weighted by Gasteiger charge is -2.42. The van der Waals surface area contributed by atoms with Gasteiger partial charge in [0.05, 0.1) is 11.6 Å². The van der Waals surface area contributed by atoms with Crippen LogP contribution in [0.3, 0.4) is 0 Å². The number of phenols is 1. The molecule has 3 fully saturated rings. The van der Waals surface area contributed by atoms with Crippen molar-refractivity contribution in [2.45, 2.75) is 64.3 Å². The van der Waals surface area contributed by atoms with Gasteiger partial charge >= 0.3 is 6.09 Å². The Balaban J connectivity index is 1.41. The summed E-state index contributed by atoms with van der Waals surface area (Å²) in [5.41, 5.74) is -0.561. The summed E-state index contributed by atoms with van der Waals surface area (Å²) in [5.74, 6) is -0.837. The summed E-state index contributed by atoms with van der Waals surface area (Å²) in [5, 5.41) is 10.6. The van der Waals surface area contributed by atoms with Gasteiger partial charge in [-0.1, -0.05) is 17.7 Å². The summed E-state index contributed by atoms with van der Waals surface area (Å²) in [7, 11) is 0. The van der Waals surface area contributed by atoms with Gasteiger partial charge < -0.3 is 29.3 Å². The minimum absolute atomic E-state index is 0.00931. The number of carbonyl (C=O) groups is 2. The molecule has 0 unspecified atom stereocenters. The zero-order valence-corrected chi connectivity index (χ0v) is 25.2. The molecule has 2 amide bonds. The molecule has 12 heteroatoms. The fourth-order valence-electron chi connectivity index (χ4n) is 6.13. The molecule has 6 rings (SSSR count). The second-order valence-corrected chi connectivity index (χ2v) is 13.0. The molecule has 10 nitrogen and oxygen atoms in total. The van der Waals surface area contributed by atoms with Gasteiger partial charge in [0.25, 0.3) is 5.91 Å². The van der Waals surface area contributed by atoms with Crippen molar-refractivity contribution >= 4 is 29.4 Å². The summed E-state index contributed by atoms with van der Waals surface area (Å²) in [6, 6.07) is 4.16. The highest BCUT2D eigenvalue weighted by Gasteiger charge is 2.43. The molecule has 4 heterocycles. The van der Waals surface area contributed by atoms with Crippen molar-refractivity contribution in [1.29, 1.82) is 0 Å². The van der Waals surface area contributed by atoms with Crippen LogP contribution in [-0.4, -0.2) is 106 Å². The van der Waals surface area contributed by atoms with Crippen LogP contribution >= 0.6 is 11.6 Å². The van der Waals surface area contributed by atoms with Gasteiger partial charge in [0.15, 0.2) is 5.75 Å². The van der Waals surface area contributed by atoms with Crippen LogP contribution in [0.5, 0.6) is 11.5 Å². The number of piperazine rings is 2. The number of pyridine rings is 1. The highest BCUT2D eigenvalue weighted by atomic mass is 35.5. The third kappa shape index (κ3) is 5.32. The quantitative estimate of drug-likeness (QED) is 0.554. The number of ether oxygens (including phenoxy) is 2. The summed E-state index contributed by atoms with van der Waals surface area (Å²) < 4.78 is 27.0. The molecule has 3 aliphatic heterocycles. The van der Waals surface area contributed by atoms with Crippen LogP contribution in [0.2, 0.25) is 5.02 Å². The molecule has 0 bridgehead atoms. The van der Waals surface area contributed by atoms with Crippen LogP contribution in [0, 0.1) is 5.82 Å². The van der Waals surface area contributed by atoms with E-state index in [1.54, 1.807) is 9.80 Å². The molecule has 42 heavy (non-hydrogen) atoms. The van der Waals surface area contributed by atoms with Gasteiger partial charge in [-0.15, -0.1) is 0 Å². The number of anilines is 1. The van der Waals surface area contributed by atoms with E-state index >= 15 is 4.39 Å². The number of fused-ring (bicyclic) bond motifs is 2. The lowest BCUT2D eigenvalue weighted by molar-refractivity contribution is 0.000952. The minimum atomic E-state index is -0.688. The van der Waals surface area contributed by atoms with E-state index in [2.05, 4.69) is 16.7 Å². The van der Waals surface area contributed by atoms with Crippen LogP contribution in [0.4, 0.5) is 15.0 Å². The Bertz CT molecular complexity index is 1390. The first-order chi connectivity index (χ1) is 19.9. The summed E-state index contributed by atoms with van der Waals surface area (Å²) in [6.45, 7) is 10.6. The third-order valence-electron chi connectivity index (χ3n) is 8.33. The van der Waals surface area contributed by atoms with E-state index in [0.29, 0.717) is 24.9 Å². The average molecular weight is 602 g/mol. The van der Waals surface area contributed by atoms with Gasteiger partial charge in [-0.25, -0.2) is 14.2 Å². The van der Waals surface area contributed by atoms with Crippen molar-refractivity contribution in [3.8, 4) is 22.8 Å². The van der Waals surface area contributed by atoms with E-state index in [4.69, 9.17) is 26.1 Å². The lowest BCUT2D eigenvalue weighted by Crippen LogP contribution is -2.58. The molecule has 1 aliphatic carbocycles. The van der Waals surface area contributed by atoms with E-state index in [9.17, 15) is 14.7 Å². The van der Waals surface area contributed by atoms with Crippen LogP contribution in [0.1, 0.15) is 50.9 Å². The van der Waals surface area contributed by atoms with Crippen molar-refractivity contribution in [2.24, 2.45) is 0 Å². The molecular formula is C30H37ClFN5O5. The van der Waals surface area contributed by atoms with Crippen molar-refractivity contribution < 1.29 is 28.6 Å². The number of aromatic nitrogens is 1. The van der Waals surface area contributed by atoms with Crippen molar-refractivity contribution in [3.05, 3.63) is 34.6 Å². The fourth-order valence-corrected chi connectivity index (χ4v) is 6.42. The van der Waals surface area contributed by atoms with Crippen LogP contribution in [-0.2, 0) is 4.74 Å². The number of amides is 2. The number of hydrogen-bond donors (Lipinski definition) is 1. The summed E-state index contributed by atoms with van der Waals surface area (Å²) >= 11 is 6.87. The molecule has 4 aliphatic rings. The Morgan fingerprint density at radius 2 is 1.83 bits per heavy atom. The van der Waals surface area contributed by atoms with Crippen molar-refractivity contribution in [2.75, 3.05) is 50.8 Å². The predicted octanol–water partition coefficient (Wildman–Crippen LogP) is 4.37. The fraction of sp³-hybridized carbons (Fsp3) is 0.567.